The molecule has 0 aliphatic carbocycles. The molecular weight excluding hydrogens is 387 g/mol. The summed E-state index contributed by atoms with van der Waals surface area (Å²) in [4.78, 5) is 29.0. The summed E-state index contributed by atoms with van der Waals surface area (Å²) in [6.45, 7) is 3.41. The Labute approximate surface area is 172 Å². The van der Waals surface area contributed by atoms with Crippen molar-refractivity contribution in [3.05, 3.63) is 82.0 Å². The average molecular weight is 408 g/mol. The molecule has 0 bridgehead atoms. The summed E-state index contributed by atoms with van der Waals surface area (Å²) in [5.74, 6) is -0.793. The Balaban J connectivity index is 1.57. The van der Waals surface area contributed by atoms with Crippen molar-refractivity contribution < 1.29 is 14.3 Å². The molecule has 0 unspecified atom stereocenters. The van der Waals surface area contributed by atoms with Crippen molar-refractivity contribution in [1.82, 2.24) is 14.7 Å². The van der Waals surface area contributed by atoms with Crippen LogP contribution in [0.25, 0.3) is 5.69 Å². The second kappa shape index (κ2) is 7.98. The van der Waals surface area contributed by atoms with Crippen LogP contribution in [-0.4, -0.2) is 51.9 Å². The van der Waals surface area contributed by atoms with Crippen molar-refractivity contribution in [3.63, 3.8) is 0 Å². The van der Waals surface area contributed by atoms with Crippen LogP contribution in [0.5, 0.6) is 5.75 Å². The molecule has 154 valence electrons. The molecule has 3 aromatic rings. The van der Waals surface area contributed by atoms with E-state index in [1.807, 2.05) is 17.0 Å². The lowest BCUT2D eigenvalue weighted by molar-refractivity contribution is 0.0737. The van der Waals surface area contributed by atoms with E-state index >= 15 is 0 Å². The van der Waals surface area contributed by atoms with Crippen LogP contribution in [0.15, 0.2) is 59.4 Å². The predicted molar refractivity (Wildman–Crippen MR) is 111 cm³/mol. The molecule has 0 spiro atoms. The third-order valence-corrected chi connectivity index (χ3v) is 5.18. The number of nitrogens with zero attached hydrogens (tertiary/aromatic N) is 4. The fourth-order valence-electron chi connectivity index (χ4n) is 3.59. The van der Waals surface area contributed by atoms with Crippen molar-refractivity contribution in [2.75, 3.05) is 31.1 Å². The van der Waals surface area contributed by atoms with Crippen molar-refractivity contribution in [2.24, 2.45) is 0 Å². The number of rotatable bonds is 3. The van der Waals surface area contributed by atoms with Gasteiger partial charge in [0.1, 0.15) is 17.3 Å². The molecular formula is C22H21FN4O3. The smallest absolute Gasteiger partial charge is 0.278 e. The van der Waals surface area contributed by atoms with Crippen LogP contribution in [0.2, 0.25) is 0 Å². The van der Waals surface area contributed by atoms with E-state index in [9.17, 15) is 19.1 Å². The maximum atomic E-state index is 14.2. The van der Waals surface area contributed by atoms with Crippen molar-refractivity contribution >= 4 is 11.6 Å². The standard InChI is InChI=1S/C22H21FN4O3/c1-15-14-20(29)21(24-27(15)17-7-3-2-6-16(17)23)22(30)26-12-10-25(11-13-26)18-8-4-5-9-19(18)28/h2-9,14,28H,10-13H2,1H3. The fourth-order valence-corrected chi connectivity index (χ4v) is 3.59. The number of aromatic hydroxyl groups is 1. The quantitative estimate of drug-likeness (QED) is 0.720. The van der Waals surface area contributed by atoms with Gasteiger partial charge in [0.15, 0.2) is 5.69 Å². The number of amides is 1. The van der Waals surface area contributed by atoms with E-state index in [2.05, 4.69) is 5.10 Å². The highest BCUT2D eigenvalue weighted by atomic mass is 19.1. The number of piperazine rings is 1. The Bertz CT molecular complexity index is 1150. The molecule has 1 aromatic heterocycles. The van der Waals surface area contributed by atoms with Gasteiger partial charge in [-0.2, -0.15) is 5.10 Å². The summed E-state index contributed by atoms with van der Waals surface area (Å²) in [6, 6.07) is 14.4. The molecule has 1 aliphatic heterocycles. The topological polar surface area (TPSA) is 78.7 Å². The van der Waals surface area contributed by atoms with E-state index in [-0.39, 0.29) is 17.1 Å². The van der Waals surface area contributed by atoms with E-state index in [4.69, 9.17) is 0 Å². The van der Waals surface area contributed by atoms with Gasteiger partial charge in [-0.25, -0.2) is 9.07 Å². The Morgan fingerprint density at radius 2 is 1.63 bits per heavy atom. The molecule has 1 fully saturated rings. The van der Waals surface area contributed by atoms with Crippen LogP contribution in [-0.2, 0) is 0 Å². The summed E-state index contributed by atoms with van der Waals surface area (Å²) in [5, 5.41) is 14.2. The van der Waals surface area contributed by atoms with E-state index in [0.717, 1.165) is 0 Å². The lowest BCUT2D eigenvalue weighted by Gasteiger charge is -2.36. The first-order chi connectivity index (χ1) is 14.5. The highest BCUT2D eigenvalue weighted by Gasteiger charge is 2.26. The third kappa shape index (κ3) is 3.63. The monoisotopic (exact) mass is 408 g/mol. The van der Waals surface area contributed by atoms with Gasteiger partial charge in [0.05, 0.1) is 5.69 Å². The Morgan fingerprint density at radius 3 is 2.30 bits per heavy atom. The highest BCUT2D eigenvalue weighted by Crippen LogP contribution is 2.27. The molecule has 0 radical (unpaired) electrons. The van der Waals surface area contributed by atoms with Crippen LogP contribution in [0.4, 0.5) is 10.1 Å². The van der Waals surface area contributed by atoms with Gasteiger partial charge in [-0.1, -0.05) is 24.3 Å². The number of hydrogen-bond donors (Lipinski definition) is 1. The van der Waals surface area contributed by atoms with Crippen molar-refractivity contribution in [3.8, 4) is 11.4 Å². The van der Waals surface area contributed by atoms with E-state index < -0.39 is 17.2 Å². The molecule has 1 N–H and O–H groups in total. The predicted octanol–water partition coefficient (Wildman–Crippen LogP) is 2.35. The number of phenols is 1. The summed E-state index contributed by atoms with van der Waals surface area (Å²) in [5.41, 5.74) is 0.590. The zero-order chi connectivity index (χ0) is 21.3. The van der Waals surface area contributed by atoms with Crippen LogP contribution in [0.1, 0.15) is 16.2 Å². The van der Waals surface area contributed by atoms with Gasteiger partial charge in [0.25, 0.3) is 5.91 Å². The number of aromatic nitrogens is 2. The number of para-hydroxylation sites is 3. The minimum absolute atomic E-state index is 0.174. The maximum Gasteiger partial charge on any atom is 0.278 e. The molecule has 0 atom stereocenters. The molecule has 0 saturated carbocycles. The molecule has 4 rings (SSSR count). The number of carbonyl (C=O) groups is 1. The normalized spacial score (nSPS) is 14.1. The van der Waals surface area contributed by atoms with Crippen LogP contribution < -0.4 is 10.3 Å². The van der Waals surface area contributed by atoms with Gasteiger partial charge in [-0.05, 0) is 31.2 Å². The summed E-state index contributed by atoms with van der Waals surface area (Å²) < 4.78 is 15.5. The second-order valence-corrected chi connectivity index (χ2v) is 7.13. The van der Waals surface area contributed by atoms with Gasteiger partial charge >= 0.3 is 0 Å². The van der Waals surface area contributed by atoms with Gasteiger partial charge in [0.2, 0.25) is 5.43 Å². The maximum absolute atomic E-state index is 14.2. The zero-order valence-corrected chi connectivity index (χ0v) is 16.5. The molecule has 1 aliphatic rings. The first-order valence-corrected chi connectivity index (χ1v) is 9.64. The third-order valence-electron chi connectivity index (χ3n) is 5.18. The largest absolute Gasteiger partial charge is 0.506 e. The summed E-state index contributed by atoms with van der Waals surface area (Å²) in [7, 11) is 0. The second-order valence-electron chi connectivity index (χ2n) is 7.13. The highest BCUT2D eigenvalue weighted by molar-refractivity contribution is 5.92. The number of phenolic OH excluding ortho intramolecular Hbond substituents is 1. The van der Waals surface area contributed by atoms with E-state index in [1.54, 1.807) is 42.2 Å². The average Bonchev–Trinajstić information content (AvgIpc) is 2.75. The Kier molecular flexibility index (Phi) is 5.22. The number of anilines is 1. The van der Waals surface area contributed by atoms with Gasteiger partial charge in [0, 0.05) is 37.9 Å². The minimum atomic E-state index is -0.494. The van der Waals surface area contributed by atoms with E-state index in [1.165, 1.54) is 16.8 Å². The van der Waals surface area contributed by atoms with Crippen LogP contribution in [0, 0.1) is 12.7 Å². The number of aryl methyl sites for hydroxylation is 1. The molecule has 2 heterocycles. The Morgan fingerprint density at radius 1 is 1.00 bits per heavy atom. The first kappa shape index (κ1) is 19.6. The summed E-state index contributed by atoms with van der Waals surface area (Å²) >= 11 is 0. The van der Waals surface area contributed by atoms with E-state index in [0.29, 0.717) is 37.6 Å². The van der Waals surface area contributed by atoms with Crippen molar-refractivity contribution in [1.29, 1.82) is 0 Å². The SMILES string of the molecule is Cc1cc(=O)c(C(=O)N2CCN(c3ccccc3O)CC2)nn1-c1ccccc1F. The molecule has 7 nitrogen and oxygen atoms in total. The summed E-state index contributed by atoms with van der Waals surface area (Å²) in [6.07, 6.45) is 0. The zero-order valence-electron chi connectivity index (χ0n) is 16.5. The molecule has 8 heteroatoms. The van der Waals surface area contributed by atoms with Crippen LogP contribution in [0.3, 0.4) is 0 Å². The molecule has 1 saturated heterocycles. The lowest BCUT2D eigenvalue weighted by atomic mass is 10.2. The number of benzene rings is 2. The fraction of sp³-hybridized carbons (Fsp3) is 0.227. The lowest BCUT2D eigenvalue weighted by Crippen LogP contribution is -2.50. The van der Waals surface area contributed by atoms with Crippen molar-refractivity contribution in [2.45, 2.75) is 6.92 Å². The molecule has 1 amide bonds. The minimum Gasteiger partial charge on any atom is -0.506 e. The number of halogens is 1. The van der Waals surface area contributed by atoms with Gasteiger partial charge in [-0.15, -0.1) is 0 Å². The van der Waals surface area contributed by atoms with Gasteiger partial charge in [-0.3, -0.25) is 9.59 Å². The molecule has 30 heavy (non-hydrogen) atoms. The Hall–Kier alpha value is -3.68. The molecule has 2 aromatic carbocycles. The number of hydrogen-bond acceptors (Lipinski definition) is 5. The van der Waals surface area contributed by atoms with Crippen LogP contribution >= 0.6 is 0 Å². The first-order valence-electron chi connectivity index (χ1n) is 9.64. The van der Waals surface area contributed by atoms with Gasteiger partial charge < -0.3 is 14.9 Å². The number of carbonyl (C=O) groups excluding carboxylic acids is 1.